The summed E-state index contributed by atoms with van der Waals surface area (Å²) in [7, 11) is 1.54. The zero-order valence-electron chi connectivity index (χ0n) is 11.5. The summed E-state index contributed by atoms with van der Waals surface area (Å²) < 4.78 is 5.11. The number of nitrogen functional groups attached to an aromatic ring is 1. The first kappa shape index (κ1) is 13.9. The first-order chi connectivity index (χ1) is 9.60. The Morgan fingerprint density at radius 2 is 2.00 bits per heavy atom. The Labute approximate surface area is 117 Å². The number of methoxy groups -OCH3 is 1. The van der Waals surface area contributed by atoms with Crippen molar-refractivity contribution in [2.75, 3.05) is 12.8 Å². The third-order valence-corrected chi connectivity index (χ3v) is 2.98. The van der Waals surface area contributed by atoms with Crippen LogP contribution in [0.4, 0.5) is 5.69 Å². The Balaban J connectivity index is 2.14. The molecular formula is C15H17N3O2. The van der Waals surface area contributed by atoms with Crippen LogP contribution < -0.4 is 15.8 Å². The number of benzene rings is 1. The number of anilines is 1. The van der Waals surface area contributed by atoms with Gasteiger partial charge in [0.25, 0.3) is 5.91 Å². The quantitative estimate of drug-likeness (QED) is 0.835. The predicted octanol–water partition coefficient (Wildman–Crippen LogP) is 2.16. The Hall–Kier alpha value is -2.56. The van der Waals surface area contributed by atoms with Crippen LogP contribution in [-0.2, 0) is 0 Å². The summed E-state index contributed by atoms with van der Waals surface area (Å²) in [4.78, 5) is 16.2. The smallest absolute Gasteiger partial charge is 0.251 e. The van der Waals surface area contributed by atoms with E-state index in [0.29, 0.717) is 17.0 Å². The fourth-order valence-electron chi connectivity index (χ4n) is 1.89. The van der Waals surface area contributed by atoms with Crippen LogP contribution in [0, 0.1) is 0 Å². The number of rotatable bonds is 4. The second kappa shape index (κ2) is 6.06. The number of pyridine rings is 1. The molecule has 104 valence electrons. The van der Waals surface area contributed by atoms with E-state index < -0.39 is 0 Å². The van der Waals surface area contributed by atoms with Gasteiger partial charge in [0.15, 0.2) is 0 Å². The van der Waals surface area contributed by atoms with Gasteiger partial charge < -0.3 is 15.8 Å². The lowest BCUT2D eigenvalue weighted by molar-refractivity contribution is 0.0939. The van der Waals surface area contributed by atoms with Crippen LogP contribution in [0.15, 0.2) is 42.7 Å². The van der Waals surface area contributed by atoms with Crippen molar-refractivity contribution in [2.24, 2.45) is 0 Å². The number of nitrogens with one attached hydrogen (secondary N) is 1. The molecule has 0 aliphatic carbocycles. The maximum Gasteiger partial charge on any atom is 0.251 e. The van der Waals surface area contributed by atoms with Crippen LogP contribution in [0.3, 0.4) is 0 Å². The standard InChI is InChI=1S/C15H17N3O2/c1-10(11-3-5-17-6-4-11)18-15(19)12-7-13(16)9-14(8-12)20-2/h3-10H,16H2,1-2H3,(H,18,19). The number of nitrogens with zero attached hydrogens (tertiary/aromatic N) is 1. The fraction of sp³-hybridized carbons (Fsp3) is 0.200. The minimum absolute atomic E-state index is 0.113. The fourth-order valence-corrected chi connectivity index (χ4v) is 1.89. The second-order valence-corrected chi connectivity index (χ2v) is 4.47. The molecule has 0 aliphatic heterocycles. The summed E-state index contributed by atoms with van der Waals surface area (Å²) in [6.07, 6.45) is 3.39. The van der Waals surface area contributed by atoms with Gasteiger partial charge in [-0.25, -0.2) is 0 Å². The lowest BCUT2D eigenvalue weighted by Gasteiger charge is -2.14. The van der Waals surface area contributed by atoms with Gasteiger partial charge in [-0.3, -0.25) is 9.78 Å². The average Bonchev–Trinajstić information content (AvgIpc) is 2.47. The SMILES string of the molecule is COc1cc(N)cc(C(=O)NC(C)c2ccncc2)c1. The second-order valence-electron chi connectivity index (χ2n) is 4.47. The van der Waals surface area contributed by atoms with Gasteiger partial charge in [-0.1, -0.05) is 0 Å². The summed E-state index contributed by atoms with van der Waals surface area (Å²) in [5.41, 5.74) is 7.70. The summed E-state index contributed by atoms with van der Waals surface area (Å²) in [6.45, 7) is 1.91. The van der Waals surface area contributed by atoms with E-state index in [1.165, 1.54) is 7.11 Å². The van der Waals surface area contributed by atoms with Crippen LogP contribution in [-0.4, -0.2) is 18.0 Å². The number of nitrogens with two attached hydrogens (primary N) is 1. The highest BCUT2D eigenvalue weighted by Crippen LogP contribution is 2.19. The molecule has 0 fully saturated rings. The molecule has 1 heterocycles. The van der Waals surface area contributed by atoms with E-state index >= 15 is 0 Å². The van der Waals surface area contributed by atoms with Gasteiger partial charge in [0, 0.05) is 29.7 Å². The van der Waals surface area contributed by atoms with Gasteiger partial charge in [-0.15, -0.1) is 0 Å². The molecule has 1 unspecified atom stereocenters. The van der Waals surface area contributed by atoms with Crippen LogP contribution in [0.2, 0.25) is 0 Å². The lowest BCUT2D eigenvalue weighted by atomic mass is 10.1. The Kier molecular flexibility index (Phi) is 4.20. The molecule has 0 saturated carbocycles. The largest absolute Gasteiger partial charge is 0.497 e. The van der Waals surface area contributed by atoms with Gasteiger partial charge in [0.2, 0.25) is 0 Å². The Bertz CT molecular complexity index is 599. The summed E-state index contributed by atoms with van der Waals surface area (Å²) >= 11 is 0. The third kappa shape index (κ3) is 3.26. The highest BCUT2D eigenvalue weighted by atomic mass is 16.5. The predicted molar refractivity (Wildman–Crippen MR) is 77.5 cm³/mol. The number of hydrogen-bond acceptors (Lipinski definition) is 4. The van der Waals surface area contributed by atoms with Crippen LogP contribution in [0.25, 0.3) is 0 Å². The van der Waals surface area contributed by atoms with Crippen molar-refractivity contribution < 1.29 is 9.53 Å². The van der Waals surface area contributed by atoms with Crippen LogP contribution in [0.1, 0.15) is 28.9 Å². The Morgan fingerprint density at radius 1 is 1.30 bits per heavy atom. The van der Waals surface area contributed by atoms with Gasteiger partial charge in [-0.05, 0) is 36.8 Å². The van der Waals surface area contributed by atoms with Crippen molar-refractivity contribution in [1.82, 2.24) is 10.3 Å². The number of carbonyl (C=O) groups excluding carboxylic acids is 1. The molecule has 1 atom stereocenters. The van der Waals surface area contributed by atoms with E-state index in [1.54, 1.807) is 30.6 Å². The zero-order valence-corrected chi connectivity index (χ0v) is 11.5. The first-order valence-electron chi connectivity index (χ1n) is 6.25. The number of hydrogen-bond donors (Lipinski definition) is 2. The molecule has 0 radical (unpaired) electrons. The molecular weight excluding hydrogens is 254 g/mol. The molecule has 0 aliphatic rings. The van der Waals surface area contributed by atoms with Gasteiger partial charge in [-0.2, -0.15) is 0 Å². The topological polar surface area (TPSA) is 77.2 Å². The maximum atomic E-state index is 12.2. The zero-order chi connectivity index (χ0) is 14.5. The van der Waals surface area contributed by atoms with Crippen LogP contribution >= 0.6 is 0 Å². The van der Waals surface area contributed by atoms with Gasteiger partial charge in [0.1, 0.15) is 5.75 Å². The number of carbonyl (C=O) groups is 1. The molecule has 1 aromatic carbocycles. The van der Waals surface area contributed by atoms with E-state index in [9.17, 15) is 4.79 Å². The van der Waals surface area contributed by atoms with Gasteiger partial charge >= 0.3 is 0 Å². The number of amides is 1. The normalized spacial score (nSPS) is 11.7. The molecule has 1 amide bonds. The molecule has 5 heteroatoms. The lowest BCUT2D eigenvalue weighted by Crippen LogP contribution is -2.26. The minimum atomic E-state index is -0.195. The summed E-state index contributed by atoms with van der Waals surface area (Å²) in [5, 5.41) is 2.91. The Morgan fingerprint density at radius 3 is 2.65 bits per heavy atom. The minimum Gasteiger partial charge on any atom is -0.497 e. The van der Waals surface area contributed by atoms with Crippen molar-refractivity contribution in [3.63, 3.8) is 0 Å². The average molecular weight is 271 g/mol. The summed E-state index contributed by atoms with van der Waals surface area (Å²) in [6, 6.07) is 8.57. The first-order valence-corrected chi connectivity index (χ1v) is 6.25. The highest BCUT2D eigenvalue weighted by Gasteiger charge is 2.12. The molecule has 2 aromatic rings. The van der Waals surface area contributed by atoms with E-state index in [4.69, 9.17) is 10.5 Å². The molecule has 0 spiro atoms. The number of ether oxygens (including phenoxy) is 1. The van der Waals surface area contributed by atoms with Crippen molar-refractivity contribution in [2.45, 2.75) is 13.0 Å². The maximum absolute atomic E-state index is 12.2. The highest BCUT2D eigenvalue weighted by molar-refractivity contribution is 5.95. The molecule has 5 nitrogen and oxygen atoms in total. The molecule has 2 rings (SSSR count). The van der Waals surface area contributed by atoms with Crippen molar-refractivity contribution in [3.05, 3.63) is 53.9 Å². The van der Waals surface area contributed by atoms with Crippen molar-refractivity contribution in [3.8, 4) is 5.75 Å². The van der Waals surface area contributed by atoms with Crippen molar-refractivity contribution >= 4 is 11.6 Å². The molecule has 1 aromatic heterocycles. The molecule has 0 bridgehead atoms. The molecule has 20 heavy (non-hydrogen) atoms. The van der Waals surface area contributed by atoms with E-state index in [1.807, 2.05) is 19.1 Å². The molecule has 0 saturated heterocycles. The van der Waals surface area contributed by atoms with E-state index in [0.717, 1.165) is 5.56 Å². The number of aromatic nitrogens is 1. The monoisotopic (exact) mass is 271 g/mol. The van der Waals surface area contributed by atoms with E-state index in [2.05, 4.69) is 10.3 Å². The third-order valence-electron chi connectivity index (χ3n) is 2.98. The van der Waals surface area contributed by atoms with E-state index in [-0.39, 0.29) is 11.9 Å². The molecule has 3 N–H and O–H groups in total. The summed E-state index contributed by atoms with van der Waals surface area (Å²) in [5.74, 6) is 0.367. The van der Waals surface area contributed by atoms with Crippen LogP contribution in [0.5, 0.6) is 5.75 Å². The van der Waals surface area contributed by atoms with Gasteiger partial charge in [0.05, 0.1) is 13.2 Å². The van der Waals surface area contributed by atoms with Crippen molar-refractivity contribution in [1.29, 1.82) is 0 Å².